The summed E-state index contributed by atoms with van der Waals surface area (Å²) in [5.74, 6) is 0. The molecule has 2 aliphatic heterocycles. The Labute approximate surface area is 110 Å². The average Bonchev–Trinajstić information content (AvgIpc) is 2.48. The van der Waals surface area contributed by atoms with Crippen molar-refractivity contribution in [1.82, 2.24) is 0 Å². The summed E-state index contributed by atoms with van der Waals surface area (Å²) in [4.78, 5) is 0. The summed E-state index contributed by atoms with van der Waals surface area (Å²) in [6.45, 7) is 10.5. The van der Waals surface area contributed by atoms with Gasteiger partial charge in [0.05, 0.1) is 22.9 Å². The molecule has 18 heavy (non-hydrogen) atoms. The second-order valence-corrected chi connectivity index (χ2v) is 6.78. The molecule has 2 aliphatic rings. The van der Waals surface area contributed by atoms with Crippen LogP contribution in [0.5, 0.6) is 0 Å². The molecule has 2 saturated heterocycles. The molecule has 2 rings (SSSR count). The summed E-state index contributed by atoms with van der Waals surface area (Å²) >= 11 is 0. The molecule has 2 heterocycles. The number of rotatable bonds is 3. The van der Waals surface area contributed by atoms with Crippen LogP contribution in [0, 0.1) is 0 Å². The Morgan fingerprint density at radius 3 is 2.22 bits per heavy atom. The standard InChI is InChI=1S/C14H27NO3/c1-12(2)9-11(13(3,4)18-12)17-14(10-15)5-7-16-8-6-14/h11H,5-10,15H2,1-4H3. The first kappa shape index (κ1) is 14.3. The maximum absolute atomic E-state index is 6.41. The molecule has 0 aromatic rings. The molecular formula is C14H27NO3. The van der Waals surface area contributed by atoms with Crippen LogP contribution in [0.25, 0.3) is 0 Å². The SMILES string of the molecule is CC1(C)CC(OC2(CN)CCOCC2)C(C)(C)O1. The summed E-state index contributed by atoms with van der Waals surface area (Å²) in [6, 6.07) is 0. The molecule has 2 fully saturated rings. The van der Waals surface area contributed by atoms with Gasteiger partial charge in [-0.15, -0.1) is 0 Å². The molecule has 0 saturated carbocycles. The minimum Gasteiger partial charge on any atom is -0.381 e. The monoisotopic (exact) mass is 257 g/mol. The normalized spacial score (nSPS) is 33.5. The lowest BCUT2D eigenvalue weighted by Crippen LogP contribution is -2.51. The van der Waals surface area contributed by atoms with Gasteiger partial charge in [-0.05, 0) is 27.7 Å². The predicted octanol–water partition coefficient (Wildman–Crippen LogP) is 1.86. The molecule has 106 valence electrons. The van der Waals surface area contributed by atoms with Crippen molar-refractivity contribution >= 4 is 0 Å². The molecule has 0 bridgehead atoms. The molecule has 0 aromatic carbocycles. The van der Waals surface area contributed by atoms with Crippen molar-refractivity contribution in [3.63, 3.8) is 0 Å². The van der Waals surface area contributed by atoms with E-state index in [9.17, 15) is 0 Å². The fraction of sp³-hybridized carbons (Fsp3) is 1.00. The number of hydrogen-bond acceptors (Lipinski definition) is 4. The Morgan fingerprint density at radius 2 is 1.78 bits per heavy atom. The molecule has 0 radical (unpaired) electrons. The van der Waals surface area contributed by atoms with Gasteiger partial charge in [-0.25, -0.2) is 0 Å². The third-order valence-electron chi connectivity index (χ3n) is 4.16. The average molecular weight is 257 g/mol. The van der Waals surface area contributed by atoms with Crippen molar-refractivity contribution in [3.8, 4) is 0 Å². The second kappa shape index (κ2) is 4.75. The summed E-state index contributed by atoms with van der Waals surface area (Å²) in [7, 11) is 0. The van der Waals surface area contributed by atoms with Crippen molar-refractivity contribution < 1.29 is 14.2 Å². The van der Waals surface area contributed by atoms with E-state index in [4.69, 9.17) is 19.9 Å². The smallest absolute Gasteiger partial charge is 0.0895 e. The van der Waals surface area contributed by atoms with Gasteiger partial charge in [0.2, 0.25) is 0 Å². The van der Waals surface area contributed by atoms with E-state index in [1.165, 1.54) is 0 Å². The Kier molecular flexibility index (Phi) is 3.76. The molecule has 0 amide bonds. The highest BCUT2D eigenvalue weighted by molar-refractivity contribution is 4.98. The van der Waals surface area contributed by atoms with Gasteiger partial charge in [0.1, 0.15) is 0 Å². The summed E-state index contributed by atoms with van der Waals surface area (Å²) in [5.41, 5.74) is 5.37. The number of nitrogens with two attached hydrogens (primary N) is 1. The molecular weight excluding hydrogens is 230 g/mol. The second-order valence-electron chi connectivity index (χ2n) is 6.78. The summed E-state index contributed by atoms with van der Waals surface area (Å²) < 4.78 is 17.9. The Balaban J connectivity index is 2.07. The zero-order valence-corrected chi connectivity index (χ0v) is 12.1. The van der Waals surface area contributed by atoms with E-state index in [2.05, 4.69) is 27.7 Å². The van der Waals surface area contributed by atoms with Gasteiger partial charge in [0.25, 0.3) is 0 Å². The van der Waals surface area contributed by atoms with Crippen LogP contribution in [0.15, 0.2) is 0 Å². The molecule has 1 unspecified atom stereocenters. The van der Waals surface area contributed by atoms with Crippen LogP contribution in [0.1, 0.15) is 47.0 Å². The summed E-state index contributed by atoms with van der Waals surface area (Å²) in [6.07, 6.45) is 2.80. The lowest BCUT2D eigenvalue weighted by Gasteiger charge is -2.40. The predicted molar refractivity (Wildman–Crippen MR) is 70.6 cm³/mol. The largest absolute Gasteiger partial charge is 0.381 e. The van der Waals surface area contributed by atoms with E-state index in [0.29, 0.717) is 6.54 Å². The van der Waals surface area contributed by atoms with Crippen LogP contribution in [0.2, 0.25) is 0 Å². The van der Waals surface area contributed by atoms with Crippen molar-refractivity contribution in [2.45, 2.75) is 69.9 Å². The van der Waals surface area contributed by atoms with Crippen molar-refractivity contribution in [2.75, 3.05) is 19.8 Å². The first-order valence-electron chi connectivity index (χ1n) is 6.94. The summed E-state index contributed by atoms with van der Waals surface area (Å²) in [5, 5.41) is 0. The Bertz CT molecular complexity index is 295. The third-order valence-corrected chi connectivity index (χ3v) is 4.16. The highest BCUT2D eigenvalue weighted by Crippen LogP contribution is 2.42. The topological polar surface area (TPSA) is 53.7 Å². The van der Waals surface area contributed by atoms with Crippen LogP contribution < -0.4 is 5.73 Å². The van der Waals surface area contributed by atoms with E-state index in [0.717, 1.165) is 32.5 Å². The van der Waals surface area contributed by atoms with Gasteiger partial charge >= 0.3 is 0 Å². The van der Waals surface area contributed by atoms with Gasteiger partial charge in [-0.1, -0.05) is 0 Å². The van der Waals surface area contributed by atoms with Crippen LogP contribution in [-0.4, -0.2) is 42.7 Å². The van der Waals surface area contributed by atoms with Crippen molar-refractivity contribution in [2.24, 2.45) is 5.73 Å². The highest BCUT2D eigenvalue weighted by atomic mass is 16.6. The highest BCUT2D eigenvalue weighted by Gasteiger charge is 2.49. The molecule has 4 nitrogen and oxygen atoms in total. The van der Waals surface area contributed by atoms with Crippen LogP contribution >= 0.6 is 0 Å². The van der Waals surface area contributed by atoms with E-state index in [1.807, 2.05) is 0 Å². The Hall–Kier alpha value is -0.160. The minimum absolute atomic E-state index is 0.106. The molecule has 4 heteroatoms. The van der Waals surface area contributed by atoms with Crippen LogP contribution in [-0.2, 0) is 14.2 Å². The molecule has 0 spiro atoms. The molecule has 2 N–H and O–H groups in total. The molecule has 0 aromatic heterocycles. The Morgan fingerprint density at radius 1 is 1.17 bits per heavy atom. The van der Waals surface area contributed by atoms with Crippen molar-refractivity contribution in [1.29, 1.82) is 0 Å². The zero-order chi connectivity index (χ0) is 13.4. The van der Waals surface area contributed by atoms with E-state index < -0.39 is 0 Å². The third kappa shape index (κ3) is 2.87. The number of hydrogen-bond donors (Lipinski definition) is 1. The van der Waals surface area contributed by atoms with E-state index in [-0.39, 0.29) is 22.9 Å². The molecule has 0 aliphatic carbocycles. The van der Waals surface area contributed by atoms with E-state index >= 15 is 0 Å². The van der Waals surface area contributed by atoms with E-state index in [1.54, 1.807) is 0 Å². The van der Waals surface area contributed by atoms with Gasteiger partial charge in [0, 0.05) is 39.0 Å². The first-order valence-corrected chi connectivity index (χ1v) is 6.94. The lowest BCUT2D eigenvalue weighted by atomic mass is 9.91. The van der Waals surface area contributed by atoms with Gasteiger partial charge in [0.15, 0.2) is 0 Å². The van der Waals surface area contributed by atoms with Crippen molar-refractivity contribution in [3.05, 3.63) is 0 Å². The van der Waals surface area contributed by atoms with Gasteiger partial charge in [-0.3, -0.25) is 0 Å². The minimum atomic E-state index is -0.246. The molecule has 1 atom stereocenters. The maximum Gasteiger partial charge on any atom is 0.0895 e. The maximum atomic E-state index is 6.41. The van der Waals surface area contributed by atoms with Gasteiger partial charge in [-0.2, -0.15) is 0 Å². The van der Waals surface area contributed by atoms with Crippen LogP contribution in [0.4, 0.5) is 0 Å². The zero-order valence-electron chi connectivity index (χ0n) is 12.1. The van der Waals surface area contributed by atoms with Crippen LogP contribution in [0.3, 0.4) is 0 Å². The fourth-order valence-corrected chi connectivity index (χ4v) is 3.11. The fourth-order valence-electron chi connectivity index (χ4n) is 3.11. The number of ether oxygens (including phenoxy) is 3. The van der Waals surface area contributed by atoms with Gasteiger partial charge < -0.3 is 19.9 Å². The quantitative estimate of drug-likeness (QED) is 0.838. The first-order chi connectivity index (χ1) is 8.29. The lowest BCUT2D eigenvalue weighted by molar-refractivity contribution is -0.174.